The molecule has 1 aromatic heterocycles. The highest BCUT2D eigenvalue weighted by Crippen LogP contribution is 2.50. The molecular formula is C26H25FN2O4. The molecule has 1 saturated heterocycles. The summed E-state index contributed by atoms with van der Waals surface area (Å²) < 4.78 is 21.3. The number of aliphatic hydroxyl groups is 1. The van der Waals surface area contributed by atoms with Gasteiger partial charge in [-0.3, -0.25) is 14.5 Å². The Hall–Kier alpha value is -3.29. The minimum Gasteiger partial charge on any atom is -0.468 e. The lowest BCUT2D eigenvalue weighted by Gasteiger charge is -2.30. The molecule has 7 heteroatoms. The predicted octanol–water partition coefficient (Wildman–Crippen LogP) is 2.99. The average molecular weight is 448 g/mol. The summed E-state index contributed by atoms with van der Waals surface area (Å²) >= 11 is 0. The number of pyridine rings is 1. The Bertz CT molecular complexity index is 1240. The highest BCUT2D eigenvalue weighted by atomic mass is 19.1. The van der Waals surface area contributed by atoms with Crippen molar-refractivity contribution in [2.45, 2.75) is 25.2 Å². The number of hydrogen-bond donors (Lipinski definition) is 1. The maximum Gasteiger partial charge on any atom is 0.323 e. The van der Waals surface area contributed by atoms with E-state index in [0.717, 1.165) is 11.3 Å². The third-order valence-electron chi connectivity index (χ3n) is 7.03. The third kappa shape index (κ3) is 3.48. The second-order valence-corrected chi connectivity index (χ2v) is 8.64. The number of esters is 1. The van der Waals surface area contributed by atoms with E-state index in [2.05, 4.69) is 0 Å². The van der Waals surface area contributed by atoms with Crippen LogP contribution in [-0.4, -0.2) is 40.3 Å². The van der Waals surface area contributed by atoms with Crippen molar-refractivity contribution in [3.63, 3.8) is 0 Å². The van der Waals surface area contributed by atoms with Crippen LogP contribution in [0.3, 0.4) is 0 Å². The molecule has 0 unspecified atom stereocenters. The maximum atomic E-state index is 14.5. The van der Waals surface area contributed by atoms with Gasteiger partial charge in [0.25, 0.3) is 5.56 Å². The summed E-state index contributed by atoms with van der Waals surface area (Å²) in [5, 5.41) is 10.3. The predicted molar refractivity (Wildman–Crippen MR) is 121 cm³/mol. The minimum absolute atomic E-state index is 0.106. The van der Waals surface area contributed by atoms with Crippen LogP contribution in [-0.2, 0) is 22.6 Å². The first-order valence-electron chi connectivity index (χ1n) is 11.0. The largest absolute Gasteiger partial charge is 0.468 e. The van der Waals surface area contributed by atoms with E-state index in [-0.39, 0.29) is 36.5 Å². The van der Waals surface area contributed by atoms with Gasteiger partial charge in [0.15, 0.2) is 0 Å². The summed E-state index contributed by atoms with van der Waals surface area (Å²) in [6, 6.07) is 18.6. The fraction of sp³-hybridized carbons (Fsp3) is 0.308. The molecule has 1 fully saturated rings. The van der Waals surface area contributed by atoms with E-state index in [9.17, 15) is 19.1 Å². The van der Waals surface area contributed by atoms with Gasteiger partial charge in [0.05, 0.1) is 13.2 Å². The van der Waals surface area contributed by atoms with Gasteiger partial charge in [-0.25, -0.2) is 4.39 Å². The summed E-state index contributed by atoms with van der Waals surface area (Å²) in [6.45, 7) is 0.313. The van der Waals surface area contributed by atoms with Crippen LogP contribution in [0.15, 0.2) is 71.5 Å². The van der Waals surface area contributed by atoms with Gasteiger partial charge in [-0.05, 0) is 23.8 Å². The number of ether oxygens (including phenoxy) is 1. The zero-order chi connectivity index (χ0) is 23.1. The molecule has 3 heterocycles. The molecule has 6 nitrogen and oxygen atoms in total. The van der Waals surface area contributed by atoms with Crippen LogP contribution >= 0.6 is 0 Å². The number of fused-ring (bicyclic) bond motifs is 3. The van der Waals surface area contributed by atoms with Crippen molar-refractivity contribution in [3.8, 4) is 11.1 Å². The van der Waals surface area contributed by atoms with E-state index in [1.807, 2.05) is 47.4 Å². The summed E-state index contributed by atoms with van der Waals surface area (Å²) in [6.07, 6.45) is 0. The van der Waals surface area contributed by atoms with Gasteiger partial charge in [0.2, 0.25) is 0 Å². The van der Waals surface area contributed by atoms with Gasteiger partial charge in [-0.2, -0.15) is 0 Å². The summed E-state index contributed by atoms with van der Waals surface area (Å²) in [5.41, 5.74) is 2.55. The molecule has 2 aliphatic heterocycles. The Kier molecular flexibility index (Phi) is 5.60. The molecule has 0 spiro atoms. The van der Waals surface area contributed by atoms with Crippen molar-refractivity contribution in [3.05, 3.63) is 94.2 Å². The number of benzene rings is 2. The van der Waals surface area contributed by atoms with Crippen LogP contribution in [0.25, 0.3) is 11.1 Å². The van der Waals surface area contributed by atoms with E-state index >= 15 is 0 Å². The summed E-state index contributed by atoms with van der Waals surface area (Å²) in [5.74, 6) is -1.44. The molecule has 0 bridgehead atoms. The number of carbonyl (C=O) groups excluding carboxylic acids is 1. The number of hydrogen-bond acceptors (Lipinski definition) is 5. The van der Waals surface area contributed by atoms with Crippen molar-refractivity contribution in [1.29, 1.82) is 0 Å². The van der Waals surface area contributed by atoms with Crippen LogP contribution in [0.4, 0.5) is 4.39 Å². The van der Waals surface area contributed by atoms with Crippen LogP contribution in [0.2, 0.25) is 0 Å². The van der Waals surface area contributed by atoms with Gasteiger partial charge in [0.1, 0.15) is 11.9 Å². The number of carbonyl (C=O) groups is 1. The number of aromatic nitrogens is 1. The molecule has 0 radical (unpaired) electrons. The number of nitrogens with zero attached hydrogens (tertiary/aromatic N) is 2. The quantitative estimate of drug-likeness (QED) is 0.608. The number of rotatable bonds is 5. The molecule has 1 N–H and O–H groups in total. The zero-order valence-electron chi connectivity index (χ0n) is 18.2. The average Bonchev–Trinajstić information content (AvgIpc) is 3.36. The van der Waals surface area contributed by atoms with Gasteiger partial charge >= 0.3 is 5.97 Å². The van der Waals surface area contributed by atoms with Crippen LogP contribution in [0, 0.1) is 17.7 Å². The van der Waals surface area contributed by atoms with Crippen LogP contribution < -0.4 is 5.56 Å². The number of halogens is 1. The standard InChI is InChI=1S/C26H25FN2O4/c1-33-26(32)24-20(15-30)19-14-28-22(12-11-18(25(28)31)16-7-3-2-4-8-16)23(19)29(24)13-17-9-5-6-10-21(17)27/h2-12,19-20,23-24,30H,13-15H2,1H3/t19-,20-,23+,24-/m0/s1. The Morgan fingerprint density at radius 2 is 1.82 bits per heavy atom. The SMILES string of the molecule is COC(=O)[C@@H]1[C@@H](CO)[C@@H]2Cn3c(ccc(-c4ccccc4)c3=O)[C@@H]2N1Cc1ccccc1F. The van der Waals surface area contributed by atoms with Gasteiger partial charge in [0, 0.05) is 48.4 Å². The molecule has 170 valence electrons. The first kappa shape index (κ1) is 21.6. The van der Waals surface area contributed by atoms with Crippen molar-refractivity contribution in [1.82, 2.24) is 9.47 Å². The number of likely N-dealkylation sites (tertiary alicyclic amines) is 1. The highest BCUT2D eigenvalue weighted by Gasteiger charge is 2.56. The molecule has 2 aromatic carbocycles. The molecular weight excluding hydrogens is 423 g/mol. The van der Waals surface area contributed by atoms with Crippen molar-refractivity contribution < 1.29 is 19.0 Å². The fourth-order valence-corrected chi connectivity index (χ4v) is 5.53. The zero-order valence-corrected chi connectivity index (χ0v) is 18.2. The first-order valence-corrected chi connectivity index (χ1v) is 11.0. The fourth-order valence-electron chi connectivity index (χ4n) is 5.53. The number of aliphatic hydroxyl groups excluding tert-OH is 1. The molecule has 2 aliphatic rings. The van der Waals surface area contributed by atoms with Crippen molar-refractivity contribution in [2.24, 2.45) is 11.8 Å². The second-order valence-electron chi connectivity index (χ2n) is 8.64. The van der Waals surface area contributed by atoms with Gasteiger partial charge < -0.3 is 14.4 Å². The Balaban J connectivity index is 1.61. The van der Waals surface area contributed by atoms with E-state index in [0.29, 0.717) is 17.7 Å². The Morgan fingerprint density at radius 1 is 1.09 bits per heavy atom. The molecule has 0 amide bonds. The van der Waals surface area contributed by atoms with Gasteiger partial charge in [-0.15, -0.1) is 0 Å². The van der Waals surface area contributed by atoms with Crippen LogP contribution in [0.5, 0.6) is 0 Å². The first-order chi connectivity index (χ1) is 16.0. The third-order valence-corrected chi connectivity index (χ3v) is 7.03. The van der Waals surface area contributed by atoms with Gasteiger partial charge in [-0.1, -0.05) is 48.5 Å². The van der Waals surface area contributed by atoms with Crippen molar-refractivity contribution >= 4 is 5.97 Å². The molecule has 3 aromatic rings. The lowest BCUT2D eigenvalue weighted by atomic mass is 9.88. The minimum atomic E-state index is -0.729. The Morgan fingerprint density at radius 3 is 2.52 bits per heavy atom. The summed E-state index contributed by atoms with van der Waals surface area (Å²) in [7, 11) is 1.32. The Labute approximate surface area is 190 Å². The molecule has 33 heavy (non-hydrogen) atoms. The molecule has 0 saturated carbocycles. The molecule has 4 atom stereocenters. The molecule has 0 aliphatic carbocycles. The maximum absolute atomic E-state index is 14.5. The van der Waals surface area contributed by atoms with E-state index < -0.39 is 17.9 Å². The topological polar surface area (TPSA) is 71.8 Å². The van der Waals surface area contributed by atoms with E-state index in [1.165, 1.54) is 13.2 Å². The van der Waals surface area contributed by atoms with E-state index in [1.54, 1.807) is 22.8 Å². The smallest absolute Gasteiger partial charge is 0.323 e. The lowest BCUT2D eigenvalue weighted by molar-refractivity contribution is -0.148. The number of methoxy groups -OCH3 is 1. The summed E-state index contributed by atoms with van der Waals surface area (Å²) in [4.78, 5) is 28.1. The normalized spacial score (nSPS) is 23.8. The second kappa shape index (κ2) is 8.57. The monoisotopic (exact) mass is 448 g/mol. The van der Waals surface area contributed by atoms with Crippen molar-refractivity contribution in [2.75, 3.05) is 13.7 Å². The van der Waals surface area contributed by atoms with Crippen LogP contribution in [0.1, 0.15) is 17.3 Å². The van der Waals surface area contributed by atoms with E-state index in [4.69, 9.17) is 4.74 Å². The lowest BCUT2D eigenvalue weighted by Crippen LogP contribution is -2.43. The highest BCUT2D eigenvalue weighted by molar-refractivity contribution is 5.77. The molecule has 5 rings (SSSR count).